The second-order valence-corrected chi connectivity index (χ2v) is 8.11. The lowest BCUT2D eigenvalue weighted by atomic mass is 10.2. The molecule has 7 heteroatoms. The molecular weight excluding hydrogens is 384 g/mol. The molecule has 1 amide bonds. The largest absolute Gasteiger partial charge is 0.491 e. The number of nitrogens with zero attached hydrogens (tertiary/aromatic N) is 2. The Kier molecular flexibility index (Phi) is 6.31. The summed E-state index contributed by atoms with van der Waals surface area (Å²) in [5.41, 5.74) is 2.25. The third-order valence-electron chi connectivity index (χ3n) is 4.44. The van der Waals surface area contributed by atoms with Crippen molar-refractivity contribution < 1.29 is 23.8 Å². The third kappa shape index (κ3) is 5.30. The van der Waals surface area contributed by atoms with Gasteiger partial charge in [0.2, 0.25) is 5.89 Å². The molecule has 0 unspecified atom stereocenters. The second-order valence-electron chi connectivity index (χ2n) is 8.11. The predicted molar refractivity (Wildman–Crippen MR) is 116 cm³/mol. The predicted octanol–water partition coefficient (Wildman–Crippen LogP) is 5.02. The van der Waals surface area contributed by atoms with E-state index in [0.717, 1.165) is 5.56 Å². The first kappa shape index (κ1) is 21.6. The molecule has 0 aliphatic rings. The van der Waals surface area contributed by atoms with Gasteiger partial charge < -0.3 is 19.0 Å². The molecule has 0 saturated heterocycles. The van der Waals surface area contributed by atoms with Gasteiger partial charge in [-0.05, 0) is 63.6 Å². The molecule has 0 fully saturated rings. The summed E-state index contributed by atoms with van der Waals surface area (Å²) in [6, 6.07) is 12.7. The minimum Gasteiger partial charge on any atom is -0.491 e. The van der Waals surface area contributed by atoms with Crippen LogP contribution >= 0.6 is 0 Å². The summed E-state index contributed by atoms with van der Waals surface area (Å²) in [6.45, 7) is 7.63. The van der Waals surface area contributed by atoms with Crippen molar-refractivity contribution in [1.82, 2.24) is 4.98 Å². The highest BCUT2D eigenvalue weighted by atomic mass is 16.6. The molecule has 0 spiro atoms. The summed E-state index contributed by atoms with van der Waals surface area (Å²) in [7, 11) is 1.67. The maximum atomic E-state index is 12.2. The molecule has 30 heavy (non-hydrogen) atoms. The molecule has 1 N–H and O–H groups in total. The average Bonchev–Trinajstić information content (AvgIpc) is 3.13. The number of carbonyl (C=O) groups is 1. The topological polar surface area (TPSA) is 85.0 Å². The monoisotopic (exact) mass is 412 g/mol. The van der Waals surface area contributed by atoms with Gasteiger partial charge in [-0.1, -0.05) is 6.92 Å². The number of hydrogen-bond acceptors (Lipinski definition) is 6. The summed E-state index contributed by atoms with van der Waals surface area (Å²) in [5, 5.41) is 9.64. The van der Waals surface area contributed by atoms with Gasteiger partial charge in [-0.15, -0.1) is 0 Å². The van der Waals surface area contributed by atoms with E-state index in [1.54, 1.807) is 25.2 Å². The summed E-state index contributed by atoms with van der Waals surface area (Å²) in [5.74, 6) is 1.10. The van der Waals surface area contributed by atoms with Crippen LogP contribution in [-0.2, 0) is 4.74 Å². The highest BCUT2D eigenvalue weighted by molar-refractivity contribution is 5.87. The van der Waals surface area contributed by atoms with E-state index in [-0.39, 0.29) is 6.61 Å². The fourth-order valence-electron chi connectivity index (χ4n) is 2.69. The molecule has 1 aromatic heterocycles. The first-order valence-corrected chi connectivity index (χ1v) is 9.95. The molecule has 0 radical (unpaired) electrons. The molecule has 1 heterocycles. The van der Waals surface area contributed by atoms with E-state index >= 15 is 0 Å². The number of ether oxygens (including phenoxy) is 2. The number of amides is 1. The van der Waals surface area contributed by atoms with Crippen molar-refractivity contribution in [2.75, 3.05) is 18.6 Å². The van der Waals surface area contributed by atoms with Crippen LogP contribution in [0.2, 0.25) is 0 Å². The maximum Gasteiger partial charge on any atom is 0.414 e. The summed E-state index contributed by atoms with van der Waals surface area (Å²) < 4.78 is 16.8. The van der Waals surface area contributed by atoms with E-state index in [9.17, 15) is 9.90 Å². The van der Waals surface area contributed by atoms with E-state index in [1.807, 2.05) is 52.0 Å². The number of aliphatic hydroxyl groups excluding tert-OH is 1. The Morgan fingerprint density at radius 3 is 2.53 bits per heavy atom. The van der Waals surface area contributed by atoms with Crippen molar-refractivity contribution >= 4 is 22.9 Å². The molecule has 0 aliphatic heterocycles. The number of aliphatic hydroxyl groups is 1. The molecular formula is C23H28N2O5. The smallest absolute Gasteiger partial charge is 0.414 e. The van der Waals surface area contributed by atoms with E-state index in [4.69, 9.17) is 13.9 Å². The number of anilines is 1. The zero-order valence-electron chi connectivity index (χ0n) is 18.0. The zero-order valence-corrected chi connectivity index (χ0v) is 18.0. The Balaban J connectivity index is 1.75. The van der Waals surface area contributed by atoms with Gasteiger partial charge in [-0.2, -0.15) is 0 Å². The van der Waals surface area contributed by atoms with Gasteiger partial charge in [0.25, 0.3) is 0 Å². The number of aromatic nitrogens is 1. The van der Waals surface area contributed by atoms with E-state index in [1.165, 1.54) is 4.90 Å². The first-order valence-electron chi connectivity index (χ1n) is 9.95. The van der Waals surface area contributed by atoms with Crippen molar-refractivity contribution in [3.8, 4) is 17.2 Å². The Morgan fingerprint density at radius 2 is 1.90 bits per heavy atom. The molecule has 3 rings (SSSR count). The molecule has 3 aromatic rings. The van der Waals surface area contributed by atoms with Crippen molar-refractivity contribution in [2.45, 2.75) is 45.8 Å². The molecule has 0 bridgehead atoms. The number of oxazole rings is 1. The van der Waals surface area contributed by atoms with Crippen LogP contribution in [-0.4, -0.2) is 41.5 Å². The minimum atomic E-state index is -0.555. The lowest BCUT2D eigenvalue weighted by molar-refractivity contribution is 0.0589. The van der Waals surface area contributed by atoms with Crippen molar-refractivity contribution in [3.63, 3.8) is 0 Å². The van der Waals surface area contributed by atoms with Gasteiger partial charge >= 0.3 is 6.09 Å². The Bertz CT molecular complexity index is 1000. The normalized spacial score (nSPS) is 12.6. The van der Waals surface area contributed by atoms with Crippen LogP contribution in [0.3, 0.4) is 0 Å². The molecule has 0 aliphatic carbocycles. The average molecular weight is 412 g/mol. The van der Waals surface area contributed by atoms with Gasteiger partial charge in [0.1, 0.15) is 23.5 Å². The lowest BCUT2D eigenvalue weighted by Crippen LogP contribution is -2.34. The second kappa shape index (κ2) is 8.75. The zero-order chi connectivity index (χ0) is 21.9. The van der Waals surface area contributed by atoms with Crippen LogP contribution in [0.5, 0.6) is 5.75 Å². The van der Waals surface area contributed by atoms with E-state index < -0.39 is 17.8 Å². The number of rotatable bonds is 6. The fourth-order valence-corrected chi connectivity index (χ4v) is 2.69. The molecule has 2 aromatic carbocycles. The van der Waals surface area contributed by atoms with Crippen LogP contribution in [0.4, 0.5) is 10.5 Å². The summed E-state index contributed by atoms with van der Waals surface area (Å²) >= 11 is 0. The highest BCUT2D eigenvalue weighted by Crippen LogP contribution is 2.28. The molecule has 1 atom stereocenters. The Labute approximate surface area is 176 Å². The molecule has 7 nitrogen and oxygen atoms in total. The lowest BCUT2D eigenvalue weighted by Gasteiger charge is -2.24. The van der Waals surface area contributed by atoms with Crippen molar-refractivity contribution in [1.29, 1.82) is 0 Å². The van der Waals surface area contributed by atoms with Gasteiger partial charge in [-0.25, -0.2) is 9.78 Å². The fraction of sp³-hybridized carbons (Fsp3) is 0.391. The summed E-state index contributed by atoms with van der Waals surface area (Å²) in [4.78, 5) is 18.2. The van der Waals surface area contributed by atoms with Gasteiger partial charge in [0.05, 0.1) is 6.10 Å². The molecule has 160 valence electrons. The van der Waals surface area contributed by atoms with Gasteiger partial charge in [0.15, 0.2) is 5.58 Å². The van der Waals surface area contributed by atoms with Crippen LogP contribution < -0.4 is 9.64 Å². The van der Waals surface area contributed by atoms with Crippen LogP contribution in [0.1, 0.15) is 34.1 Å². The van der Waals surface area contributed by atoms with Crippen LogP contribution in [0.25, 0.3) is 22.6 Å². The highest BCUT2D eigenvalue weighted by Gasteiger charge is 2.20. The number of carbonyl (C=O) groups excluding carboxylic acids is 1. The standard InChI is InChI=1S/C23H28N2O5/c1-6-17(26)14-28-18-11-12-20-19(13-18)24-21(29-20)15-7-9-16(10-8-15)25(5)22(27)30-23(2,3)4/h7-13,17,26H,6,14H2,1-5H3/t17-/m1/s1. The Hall–Kier alpha value is -3.06. The minimum absolute atomic E-state index is 0.235. The Morgan fingerprint density at radius 1 is 1.20 bits per heavy atom. The third-order valence-corrected chi connectivity index (χ3v) is 4.44. The van der Waals surface area contributed by atoms with Crippen molar-refractivity contribution in [3.05, 3.63) is 42.5 Å². The van der Waals surface area contributed by atoms with E-state index in [0.29, 0.717) is 34.8 Å². The molecule has 0 saturated carbocycles. The quantitative estimate of drug-likeness (QED) is 0.612. The van der Waals surface area contributed by atoms with Gasteiger partial charge in [0, 0.05) is 24.4 Å². The number of hydrogen-bond donors (Lipinski definition) is 1. The van der Waals surface area contributed by atoms with Crippen LogP contribution in [0.15, 0.2) is 46.9 Å². The van der Waals surface area contributed by atoms with E-state index in [2.05, 4.69) is 4.98 Å². The van der Waals surface area contributed by atoms with Gasteiger partial charge in [-0.3, -0.25) is 4.90 Å². The van der Waals surface area contributed by atoms with Crippen molar-refractivity contribution in [2.24, 2.45) is 0 Å². The number of fused-ring (bicyclic) bond motifs is 1. The van der Waals surface area contributed by atoms with Crippen LogP contribution in [0, 0.1) is 0 Å². The summed E-state index contributed by atoms with van der Waals surface area (Å²) in [6.07, 6.45) is -0.279. The number of benzene rings is 2. The SMILES string of the molecule is CC[C@@H](O)COc1ccc2oc(-c3ccc(N(C)C(=O)OC(C)(C)C)cc3)nc2c1. The maximum absolute atomic E-state index is 12.2. The first-order chi connectivity index (χ1) is 14.2.